The van der Waals surface area contributed by atoms with Gasteiger partial charge in [-0.25, -0.2) is 9.97 Å². The maximum Gasteiger partial charge on any atom is 0.137 e. The predicted molar refractivity (Wildman–Crippen MR) is 100.0 cm³/mol. The number of nitrogens with two attached hydrogens (primary N) is 1. The van der Waals surface area contributed by atoms with Crippen LogP contribution in [0.4, 0.5) is 5.82 Å². The lowest BCUT2D eigenvalue weighted by Gasteiger charge is -2.06. The van der Waals surface area contributed by atoms with E-state index in [-0.39, 0.29) is 0 Å². The highest BCUT2D eigenvalue weighted by Gasteiger charge is 2.14. The van der Waals surface area contributed by atoms with E-state index in [9.17, 15) is 0 Å². The van der Waals surface area contributed by atoms with Crippen molar-refractivity contribution in [3.05, 3.63) is 83.8 Å². The number of nitrogens with zero attached hydrogens (tertiary/aromatic N) is 3. The van der Waals surface area contributed by atoms with Crippen LogP contribution in [0.1, 0.15) is 17.0 Å². The van der Waals surface area contributed by atoms with Gasteiger partial charge in [-0.1, -0.05) is 30.2 Å². The molecule has 25 heavy (non-hydrogen) atoms. The summed E-state index contributed by atoms with van der Waals surface area (Å²) in [5.74, 6) is 6.78. The molecule has 1 aromatic carbocycles. The molecule has 0 aliphatic carbocycles. The Morgan fingerprint density at radius 2 is 1.68 bits per heavy atom. The molecule has 0 amide bonds. The summed E-state index contributed by atoms with van der Waals surface area (Å²) in [6, 6.07) is 19.5. The smallest absolute Gasteiger partial charge is 0.137 e. The molecule has 120 valence electrons. The van der Waals surface area contributed by atoms with Gasteiger partial charge in [0, 0.05) is 17.3 Å². The molecule has 3 heterocycles. The summed E-state index contributed by atoms with van der Waals surface area (Å²) in [4.78, 5) is 9.08. The third kappa shape index (κ3) is 2.84. The zero-order valence-electron chi connectivity index (χ0n) is 13.8. The number of fused-ring (bicyclic) bond motifs is 1. The summed E-state index contributed by atoms with van der Waals surface area (Å²) in [5.41, 5.74) is 11.2. The highest BCUT2D eigenvalue weighted by Crippen LogP contribution is 2.27. The van der Waals surface area contributed by atoms with E-state index in [2.05, 4.69) is 26.2 Å². The number of pyridine rings is 2. The number of anilines is 1. The first-order valence-electron chi connectivity index (χ1n) is 8.00. The van der Waals surface area contributed by atoms with Crippen LogP contribution in [0.2, 0.25) is 0 Å². The van der Waals surface area contributed by atoms with Gasteiger partial charge in [0.15, 0.2) is 0 Å². The van der Waals surface area contributed by atoms with Crippen LogP contribution in [0.25, 0.3) is 16.9 Å². The number of rotatable bonds is 1. The second kappa shape index (κ2) is 6.14. The summed E-state index contributed by atoms with van der Waals surface area (Å²) >= 11 is 0. The van der Waals surface area contributed by atoms with Crippen LogP contribution in [0.15, 0.2) is 66.9 Å². The zero-order valence-corrected chi connectivity index (χ0v) is 13.8. The Balaban J connectivity index is 1.91. The molecule has 0 spiro atoms. The SMILES string of the molecule is Cc1nc2ccccn2c1-c1ccc(N)nc1C#Cc1ccccc1. The molecule has 0 saturated carbocycles. The molecule has 4 nitrogen and oxygen atoms in total. The van der Waals surface area contributed by atoms with Gasteiger partial charge in [0.2, 0.25) is 0 Å². The number of benzene rings is 1. The molecule has 4 heteroatoms. The molecular formula is C21H16N4. The van der Waals surface area contributed by atoms with Gasteiger partial charge in [-0.3, -0.25) is 4.40 Å². The molecule has 0 fully saturated rings. The Kier molecular flexibility index (Phi) is 3.68. The Hall–Kier alpha value is -3.58. The van der Waals surface area contributed by atoms with Crippen LogP contribution in [0.5, 0.6) is 0 Å². The average molecular weight is 324 g/mol. The fourth-order valence-corrected chi connectivity index (χ4v) is 2.85. The van der Waals surface area contributed by atoms with E-state index >= 15 is 0 Å². The normalized spacial score (nSPS) is 10.4. The summed E-state index contributed by atoms with van der Waals surface area (Å²) in [7, 11) is 0. The molecule has 0 saturated heterocycles. The predicted octanol–water partition coefficient (Wildman–Crippen LogP) is 3.69. The fourth-order valence-electron chi connectivity index (χ4n) is 2.85. The number of imidazole rings is 1. The van der Waals surface area contributed by atoms with E-state index in [1.165, 1.54) is 0 Å². The number of nitrogen functional groups attached to an aromatic ring is 1. The number of aryl methyl sites for hydroxylation is 1. The highest BCUT2D eigenvalue weighted by atomic mass is 15.0. The third-order valence-corrected chi connectivity index (χ3v) is 3.98. The van der Waals surface area contributed by atoms with Gasteiger partial charge in [-0.15, -0.1) is 0 Å². The maximum atomic E-state index is 5.90. The van der Waals surface area contributed by atoms with Crippen molar-refractivity contribution < 1.29 is 0 Å². The molecule has 0 atom stereocenters. The monoisotopic (exact) mass is 324 g/mol. The van der Waals surface area contributed by atoms with E-state index in [0.717, 1.165) is 28.2 Å². The van der Waals surface area contributed by atoms with Crippen molar-refractivity contribution in [2.45, 2.75) is 6.92 Å². The minimum Gasteiger partial charge on any atom is -0.384 e. The van der Waals surface area contributed by atoms with E-state index < -0.39 is 0 Å². The second-order valence-electron chi connectivity index (χ2n) is 5.72. The van der Waals surface area contributed by atoms with Gasteiger partial charge < -0.3 is 5.73 Å². The number of aromatic nitrogens is 3. The van der Waals surface area contributed by atoms with Gasteiger partial charge in [0.05, 0.1) is 11.4 Å². The summed E-state index contributed by atoms with van der Waals surface area (Å²) in [6.45, 7) is 1.99. The minimum atomic E-state index is 0.451. The van der Waals surface area contributed by atoms with Crippen molar-refractivity contribution >= 4 is 11.5 Å². The summed E-state index contributed by atoms with van der Waals surface area (Å²) in [6.07, 6.45) is 2.00. The van der Waals surface area contributed by atoms with Crippen LogP contribution in [0.3, 0.4) is 0 Å². The molecular weight excluding hydrogens is 308 g/mol. The average Bonchev–Trinajstić information content (AvgIpc) is 2.97. The first-order valence-corrected chi connectivity index (χ1v) is 8.00. The fraction of sp³-hybridized carbons (Fsp3) is 0.0476. The zero-order chi connectivity index (χ0) is 17.2. The van der Waals surface area contributed by atoms with Crippen molar-refractivity contribution in [2.24, 2.45) is 0 Å². The molecule has 0 aliphatic heterocycles. The first-order chi connectivity index (χ1) is 12.2. The van der Waals surface area contributed by atoms with Gasteiger partial charge in [0.1, 0.15) is 17.2 Å². The quantitative estimate of drug-likeness (QED) is 0.543. The van der Waals surface area contributed by atoms with E-state index in [1.807, 2.05) is 67.7 Å². The van der Waals surface area contributed by atoms with Gasteiger partial charge >= 0.3 is 0 Å². The molecule has 3 aromatic heterocycles. The standard InChI is InChI=1S/C21H16N4/c1-15-21(25-14-6-5-9-20(25)23-15)17-11-13-19(22)24-18(17)12-10-16-7-3-2-4-8-16/h2-9,11,13-14H,1H3,(H2,22,24). The molecule has 0 radical (unpaired) electrons. The van der Waals surface area contributed by atoms with E-state index in [0.29, 0.717) is 11.5 Å². The number of hydrogen-bond acceptors (Lipinski definition) is 3. The second-order valence-corrected chi connectivity index (χ2v) is 5.72. The van der Waals surface area contributed by atoms with Gasteiger partial charge in [-0.05, 0) is 49.2 Å². The summed E-state index contributed by atoms with van der Waals surface area (Å²) in [5, 5.41) is 0. The van der Waals surface area contributed by atoms with Crippen LogP contribution in [-0.4, -0.2) is 14.4 Å². The largest absolute Gasteiger partial charge is 0.384 e. The third-order valence-electron chi connectivity index (χ3n) is 3.98. The number of hydrogen-bond donors (Lipinski definition) is 1. The first kappa shape index (κ1) is 15.0. The van der Waals surface area contributed by atoms with Gasteiger partial charge in [0.25, 0.3) is 0 Å². The van der Waals surface area contributed by atoms with Crippen molar-refractivity contribution in [1.82, 2.24) is 14.4 Å². The molecule has 0 bridgehead atoms. The molecule has 4 aromatic rings. The Morgan fingerprint density at radius 3 is 2.52 bits per heavy atom. The highest BCUT2D eigenvalue weighted by molar-refractivity contribution is 5.73. The van der Waals surface area contributed by atoms with E-state index in [4.69, 9.17) is 5.73 Å². The van der Waals surface area contributed by atoms with Crippen molar-refractivity contribution in [1.29, 1.82) is 0 Å². The Labute approximate surface area is 146 Å². The maximum absolute atomic E-state index is 5.90. The van der Waals surface area contributed by atoms with Crippen LogP contribution >= 0.6 is 0 Å². The van der Waals surface area contributed by atoms with Crippen LogP contribution in [0, 0.1) is 18.8 Å². The van der Waals surface area contributed by atoms with Crippen LogP contribution in [-0.2, 0) is 0 Å². The topological polar surface area (TPSA) is 56.2 Å². The Morgan fingerprint density at radius 1 is 0.880 bits per heavy atom. The lowest BCUT2D eigenvalue weighted by Crippen LogP contribution is -1.98. The van der Waals surface area contributed by atoms with E-state index in [1.54, 1.807) is 6.07 Å². The van der Waals surface area contributed by atoms with Crippen molar-refractivity contribution in [2.75, 3.05) is 5.73 Å². The Bertz CT molecular complexity index is 1120. The lowest BCUT2D eigenvalue weighted by molar-refractivity contribution is 1.17. The molecule has 0 aliphatic rings. The molecule has 2 N–H and O–H groups in total. The van der Waals surface area contributed by atoms with Crippen molar-refractivity contribution in [3.8, 4) is 23.1 Å². The lowest BCUT2D eigenvalue weighted by atomic mass is 10.1. The minimum absolute atomic E-state index is 0.451. The molecule has 4 rings (SSSR count). The molecule has 0 unspecified atom stereocenters. The summed E-state index contributed by atoms with van der Waals surface area (Å²) < 4.78 is 2.05. The van der Waals surface area contributed by atoms with Gasteiger partial charge in [-0.2, -0.15) is 0 Å². The van der Waals surface area contributed by atoms with Crippen LogP contribution < -0.4 is 5.73 Å². The van der Waals surface area contributed by atoms with Crippen molar-refractivity contribution in [3.63, 3.8) is 0 Å².